The van der Waals surface area contributed by atoms with Crippen molar-refractivity contribution in [1.29, 1.82) is 0 Å². The number of carboxylic acid groups (broad SMARTS) is 1. The van der Waals surface area contributed by atoms with Gasteiger partial charge in [0.25, 0.3) is 0 Å². The summed E-state index contributed by atoms with van der Waals surface area (Å²) in [5.41, 5.74) is 0.0511. The second kappa shape index (κ2) is 20.0. The molecule has 0 fully saturated rings. The predicted molar refractivity (Wildman–Crippen MR) is 133 cm³/mol. The van der Waals surface area contributed by atoms with E-state index in [2.05, 4.69) is 36.7 Å². The van der Waals surface area contributed by atoms with Crippen molar-refractivity contribution >= 4 is 23.6 Å². The van der Waals surface area contributed by atoms with Gasteiger partial charge >= 0.3 is 5.97 Å². The van der Waals surface area contributed by atoms with Gasteiger partial charge in [0.15, 0.2) is 0 Å². The zero-order chi connectivity index (χ0) is 27.4. The van der Waals surface area contributed by atoms with E-state index in [9.17, 15) is 24.3 Å². The number of carbonyl (C=O) groups is 4. The van der Waals surface area contributed by atoms with Crippen LogP contribution < -0.4 is 16.0 Å². The predicted octanol–water partition coefficient (Wildman–Crippen LogP) is 0.132. The first-order chi connectivity index (χ1) is 16.9. The molecule has 0 aliphatic rings. The molecule has 12 nitrogen and oxygen atoms in total. The molecule has 36 heavy (non-hydrogen) atoms. The van der Waals surface area contributed by atoms with E-state index in [1.807, 2.05) is 0 Å². The first kappa shape index (κ1) is 33.9. The van der Waals surface area contributed by atoms with Crippen LogP contribution in [-0.2, 0) is 38.1 Å². The van der Waals surface area contributed by atoms with Gasteiger partial charge in [-0.15, -0.1) is 0 Å². The molecule has 1 unspecified atom stereocenters. The van der Waals surface area contributed by atoms with Gasteiger partial charge in [-0.2, -0.15) is 0 Å². The van der Waals surface area contributed by atoms with Gasteiger partial charge in [-0.3, -0.25) is 14.4 Å². The summed E-state index contributed by atoms with van der Waals surface area (Å²) in [5, 5.41) is 17.5. The first-order valence-electron chi connectivity index (χ1n) is 12.3. The van der Waals surface area contributed by atoms with Crippen molar-refractivity contribution in [2.45, 2.75) is 59.0 Å². The molecule has 1 atom stereocenters. The number of nitrogens with one attached hydrogen (secondary N) is 3. The van der Waals surface area contributed by atoms with Crippen LogP contribution in [0.15, 0.2) is 0 Å². The molecular weight excluding hydrogens is 474 g/mol. The zero-order valence-electron chi connectivity index (χ0n) is 22.4. The van der Waals surface area contributed by atoms with E-state index in [1.165, 1.54) is 0 Å². The maximum absolute atomic E-state index is 11.9. The van der Waals surface area contributed by atoms with Crippen molar-refractivity contribution in [3.05, 3.63) is 0 Å². The van der Waals surface area contributed by atoms with E-state index in [0.717, 1.165) is 6.54 Å². The van der Waals surface area contributed by atoms with Gasteiger partial charge < -0.3 is 40.0 Å². The minimum absolute atomic E-state index is 0.0289. The van der Waals surface area contributed by atoms with Gasteiger partial charge in [0, 0.05) is 31.0 Å². The Hall–Kier alpha value is -2.12. The lowest BCUT2D eigenvalue weighted by atomic mass is 10.0. The average molecular weight is 520 g/mol. The highest BCUT2D eigenvalue weighted by molar-refractivity contribution is 5.85. The van der Waals surface area contributed by atoms with Crippen LogP contribution in [0.5, 0.6) is 0 Å². The number of amides is 2. The summed E-state index contributed by atoms with van der Waals surface area (Å²) in [6.45, 7) is 12.3. The Balaban J connectivity index is 3.65. The van der Waals surface area contributed by atoms with Crippen LogP contribution in [0.3, 0.4) is 0 Å². The van der Waals surface area contributed by atoms with Crippen LogP contribution in [-0.4, -0.2) is 106 Å². The van der Waals surface area contributed by atoms with Crippen LogP contribution in [0.4, 0.5) is 0 Å². The summed E-state index contributed by atoms with van der Waals surface area (Å²) in [7, 11) is 0. The fourth-order valence-corrected chi connectivity index (χ4v) is 2.65. The lowest BCUT2D eigenvalue weighted by Gasteiger charge is -2.20. The molecule has 0 radical (unpaired) electrons. The Morgan fingerprint density at radius 2 is 1.31 bits per heavy atom. The number of hydrogen-bond donors (Lipinski definition) is 4. The quantitative estimate of drug-likeness (QED) is 0.145. The summed E-state index contributed by atoms with van der Waals surface area (Å²) < 4.78 is 21.1. The third-order valence-electron chi connectivity index (χ3n) is 4.64. The Labute approximate surface area is 214 Å². The third kappa shape index (κ3) is 21.2. The van der Waals surface area contributed by atoms with Crippen LogP contribution in [0.25, 0.3) is 0 Å². The van der Waals surface area contributed by atoms with E-state index in [1.54, 1.807) is 13.8 Å². The minimum atomic E-state index is -1.20. The molecule has 4 N–H and O–H groups in total. The number of Topliss-reactive ketones (excluding diaryl/α,β-unsaturated/α-hetero) is 1. The molecule has 0 aliphatic heterocycles. The average Bonchev–Trinajstić information content (AvgIpc) is 2.78. The summed E-state index contributed by atoms with van der Waals surface area (Å²) in [5.74, 6) is -2.29. The summed E-state index contributed by atoms with van der Waals surface area (Å²) >= 11 is 0. The Morgan fingerprint density at radius 3 is 1.83 bits per heavy atom. The van der Waals surface area contributed by atoms with Gasteiger partial charge in [0.2, 0.25) is 11.8 Å². The lowest BCUT2D eigenvalue weighted by molar-refractivity contribution is -0.143. The number of aliphatic carboxylic acids is 1. The number of rotatable bonds is 22. The fourth-order valence-electron chi connectivity index (χ4n) is 2.65. The van der Waals surface area contributed by atoms with Crippen molar-refractivity contribution in [1.82, 2.24) is 16.0 Å². The van der Waals surface area contributed by atoms with Crippen molar-refractivity contribution in [3.63, 3.8) is 0 Å². The zero-order valence-corrected chi connectivity index (χ0v) is 22.4. The molecule has 0 bridgehead atoms. The molecule has 0 saturated carbocycles. The number of carboxylic acids is 1. The van der Waals surface area contributed by atoms with Gasteiger partial charge in [0.1, 0.15) is 25.0 Å². The largest absolute Gasteiger partial charge is 0.480 e. The van der Waals surface area contributed by atoms with Crippen molar-refractivity contribution < 1.29 is 43.2 Å². The van der Waals surface area contributed by atoms with Crippen LogP contribution >= 0.6 is 0 Å². The van der Waals surface area contributed by atoms with Gasteiger partial charge in [0.05, 0.1) is 39.6 Å². The highest BCUT2D eigenvalue weighted by Crippen LogP contribution is 2.05. The SMILES string of the molecule is CC(C)C(=O)CCC(NC(=O)COCCOCCNC(=O)COCCOCCNC(C)(C)C)C(=O)O. The summed E-state index contributed by atoms with van der Waals surface area (Å²) in [6.07, 6.45) is 0.109. The van der Waals surface area contributed by atoms with E-state index in [0.29, 0.717) is 26.4 Å². The summed E-state index contributed by atoms with van der Waals surface area (Å²) in [6, 6.07) is -1.14. The third-order valence-corrected chi connectivity index (χ3v) is 4.64. The molecule has 0 aromatic heterocycles. The molecule has 0 heterocycles. The molecule has 12 heteroatoms. The molecule has 0 saturated heterocycles. The Bertz CT molecular complexity index is 651. The standard InChI is InChI=1S/C24H45N3O9/c1-18(2)20(28)7-6-19(23(31)32)27-22(30)17-36-15-12-33-10-8-25-21(29)16-35-14-13-34-11-9-26-24(3,4)5/h18-19,26H,6-17H2,1-5H3,(H,25,29)(H,27,30)(H,31,32). The van der Waals surface area contributed by atoms with E-state index in [4.69, 9.17) is 18.9 Å². The van der Waals surface area contributed by atoms with Crippen LogP contribution in [0, 0.1) is 5.92 Å². The van der Waals surface area contributed by atoms with E-state index >= 15 is 0 Å². The minimum Gasteiger partial charge on any atom is -0.480 e. The maximum Gasteiger partial charge on any atom is 0.326 e. The molecule has 0 spiro atoms. The highest BCUT2D eigenvalue weighted by atomic mass is 16.5. The lowest BCUT2D eigenvalue weighted by Crippen LogP contribution is -2.43. The number of carbonyl (C=O) groups excluding carboxylic acids is 3. The van der Waals surface area contributed by atoms with Crippen LogP contribution in [0.1, 0.15) is 47.5 Å². The molecular formula is C24H45N3O9. The van der Waals surface area contributed by atoms with Gasteiger partial charge in [-0.25, -0.2) is 4.79 Å². The second-order valence-electron chi connectivity index (χ2n) is 9.47. The van der Waals surface area contributed by atoms with Crippen LogP contribution in [0.2, 0.25) is 0 Å². The Morgan fingerprint density at radius 1 is 0.778 bits per heavy atom. The number of ether oxygens (including phenoxy) is 4. The number of hydrogen-bond acceptors (Lipinski definition) is 9. The molecule has 210 valence electrons. The molecule has 0 aliphatic carbocycles. The monoisotopic (exact) mass is 519 g/mol. The van der Waals surface area contributed by atoms with Crippen molar-refractivity contribution in [3.8, 4) is 0 Å². The van der Waals surface area contributed by atoms with Crippen molar-refractivity contribution in [2.75, 3.05) is 65.9 Å². The molecule has 0 aromatic carbocycles. The summed E-state index contributed by atoms with van der Waals surface area (Å²) in [4.78, 5) is 46.5. The van der Waals surface area contributed by atoms with Gasteiger partial charge in [-0.05, 0) is 27.2 Å². The maximum atomic E-state index is 11.9. The molecule has 2 amide bonds. The van der Waals surface area contributed by atoms with Gasteiger partial charge in [-0.1, -0.05) is 13.8 Å². The van der Waals surface area contributed by atoms with E-state index in [-0.39, 0.29) is 69.0 Å². The Kier molecular flexibility index (Phi) is 18.8. The number of ketones is 1. The second-order valence-corrected chi connectivity index (χ2v) is 9.47. The normalized spacial score (nSPS) is 12.4. The highest BCUT2D eigenvalue weighted by Gasteiger charge is 2.21. The fraction of sp³-hybridized carbons (Fsp3) is 0.833. The topological polar surface area (TPSA) is 162 Å². The smallest absolute Gasteiger partial charge is 0.326 e. The first-order valence-corrected chi connectivity index (χ1v) is 12.3. The molecule has 0 aromatic rings. The van der Waals surface area contributed by atoms with Crippen molar-refractivity contribution in [2.24, 2.45) is 5.92 Å². The molecule has 0 rings (SSSR count). The van der Waals surface area contributed by atoms with E-state index < -0.39 is 17.9 Å².